The Morgan fingerprint density at radius 3 is 3.00 bits per heavy atom. The predicted octanol–water partition coefficient (Wildman–Crippen LogP) is 5.22. The molecule has 0 amide bonds. The molecule has 21 heavy (non-hydrogen) atoms. The van der Waals surface area contributed by atoms with Gasteiger partial charge in [-0.1, -0.05) is 36.6 Å². The van der Waals surface area contributed by atoms with Gasteiger partial charge in [0.25, 0.3) is 0 Å². The van der Waals surface area contributed by atoms with Crippen molar-refractivity contribution in [3.8, 4) is 0 Å². The SMILES string of the molecule is C[C@]12CC=C3[C@@H](CCC4=CCCC[C@@]43CC=O)[C@@H]1CCC2. The Balaban J connectivity index is 1.79. The molecule has 0 spiro atoms. The summed E-state index contributed by atoms with van der Waals surface area (Å²) in [4.78, 5) is 11.4. The Morgan fingerprint density at radius 2 is 2.14 bits per heavy atom. The summed E-state index contributed by atoms with van der Waals surface area (Å²) in [5.41, 5.74) is 4.01. The van der Waals surface area contributed by atoms with Crippen molar-refractivity contribution in [3.05, 3.63) is 23.3 Å². The van der Waals surface area contributed by atoms with Crippen molar-refractivity contribution < 1.29 is 4.79 Å². The summed E-state index contributed by atoms with van der Waals surface area (Å²) in [6.07, 6.45) is 18.9. The second-order valence-corrected chi connectivity index (χ2v) is 8.24. The Kier molecular flexibility index (Phi) is 3.17. The van der Waals surface area contributed by atoms with Crippen LogP contribution in [0.1, 0.15) is 71.1 Å². The van der Waals surface area contributed by atoms with Gasteiger partial charge in [0, 0.05) is 11.8 Å². The Morgan fingerprint density at radius 1 is 1.24 bits per heavy atom. The zero-order chi connectivity index (χ0) is 14.5. The maximum Gasteiger partial charge on any atom is 0.121 e. The van der Waals surface area contributed by atoms with Crippen LogP contribution < -0.4 is 0 Å². The first-order valence-electron chi connectivity index (χ1n) is 9.03. The van der Waals surface area contributed by atoms with Crippen LogP contribution in [0.3, 0.4) is 0 Å². The van der Waals surface area contributed by atoms with Crippen molar-refractivity contribution in [3.63, 3.8) is 0 Å². The monoisotopic (exact) mass is 284 g/mol. The van der Waals surface area contributed by atoms with Crippen LogP contribution in [-0.4, -0.2) is 6.29 Å². The quantitative estimate of drug-likeness (QED) is 0.502. The van der Waals surface area contributed by atoms with Gasteiger partial charge in [-0.3, -0.25) is 0 Å². The van der Waals surface area contributed by atoms with E-state index < -0.39 is 0 Å². The number of hydrogen-bond acceptors (Lipinski definition) is 1. The highest BCUT2D eigenvalue weighted by Crippen LogP contribution is 2.63. The maximum atomic E-state index is 11.4. The third kappa shape index (κ3) is 1.85. The highest BCUT2D eigenvalue weighted by Gasteiger charge is 2.53. The molecule has 4 rings (SSSR count). The minimum Gasteiger partial charge on any atom is -0.303 e. The minimum atomic E-state index is 0.146. The summed E-state index contributed by atoms with van der Waals surface area (Å²) in [6, 6.07) is 0. The van der Waals surface area contributed by atoms with E-state index in [1.165, 1.54) is 64.1 Å². The molecular formula is C20H28O. The Labute approximate surface area is 128 Å². The number of allylic oxidation sites excluding steroid dienone is 4. The van der Waals surface area contributed by atoms with E-state index in [2.05, 4.69) is 19.1 Å². The second kappa shape index (κ2) is 4.83. The molecule has 0 aromatic carbocycles. The fourth-order valence-corrected chi connectivity index (χ4v) is 6.33. The smallest absolute Gasteiger partial charge is 0.121 e. The van der Waals surface area contributed by atoms with Crippen molar-refractivity contribution in [1.29, 1.82) is 0 Å². The Hall–Kier alpha value is -0.850. The van der Waals surface area contributed by atoms with Crippen LogP contribution >= 0.6 is 0 Å². The third-order valence-electron chi connectivity index (χ3n) is 7.35. The molecule has 4 aliphatic carbocycles. The molecule has 1 heteroatoms. The molecule has 114 valence electrons. The molecule has 0 N–H and O–H groups in total. The van der Waals surface area contributed by atoms with Crippen molar-refractivity contribution in [1.82, 2.24) is 0 Å². The Bertz CT molecular complexity index is 514. The van der Waals surface area contributed by atoms with Crippen LogP contribution in [0.4, 0.5) is 0 Å². The number of rotatable bonds is 2. The topological polar surface area (TPSA) is 17.1 Å². The summed E-state index contributed by atoms with van der Waals surface area (Å²) in [6.45, 7) is 2.52. The normalized spacial score (nSPS) is 45.0. The van der Waals surface area contributed by atoms with E-state index in [1.807, 2.05) is 0 Å². The van der Waals surface area contributed by atoms with Crippen LogP contribution in [0.15, 0.2) is 23.3 Å². The van der Waals surface area contributed by atoms with Crippen LogP contribution in [0.2, 0.25) is 0 Å². The summed E-state index contributed by atoms with van der Waals surface area (Å²) >= 11 is 0. The highest BCUT2D eigenvalue weighted by molar-refractivity contribution is 5.56. The molecule has 0 aromatic heterocycles. The van der Waals surface area contributed by atoms with E-state index >= 15 is 0 Å². The van der Waals surface area contributed by atoms with Gasteiger partial charge in [-0.05, 0) is 68.6 Å². The fourth-order valence-electron chi connectivity index (χ4n) is 6.33. The zero-order valence-electron chi connectivity index (χ0n) is 13.4. The van der Waals surface area contributed by atoms with Gasteiger partial charge < -0.3 is 4.79 Å². The number of carbonyl (C=O) groups excluding carboxylic acids is 1. The highest BCUT2D eigenvalue weighted by atomic mass is 16.1. The third-order valence-corrected chi connectivity index (χ3v) is 7.35. The molecule has 1 nitrogen and oxygen atoms in total. The van der Waals surface area contributed by atoms with Crippen molar-refractivity contribution in [2.24, 2.45) is 22.7 Å². The summed E-state index contributed by atoms with van der Waals surface area (Å²) in [5, 5.41) is 0. The molecule has 0 unspecified atom stereocenters. The second-order valence-electron chi connectivity index (χ2n) is 8.24. The summed E-state index contributed by atoms with van der Waals surface area (Å²) < 4.78 is 0. The van der Waals surface area contributed by atoms with E-state index in [4.69, 9.17) is 0 Å². The average molecular weight is 284 g/mol. The molecule has 2 fully saturated rings. The van der Waals surface area contributed by atoms with E-state index in [1.54, 1.807) is 11.1 Å². The molecular weight excluding hydrogens is 256 g/mol. The first kappa shape index (κ1) is 13.8. The van der Waals surface area contributed by atoms with Crippen molar-refractivity contribution in [2.75, 3.05) is 0 Å². The number of fused-ring (bicyclic) bond motifs is 5. The fraction of sp³-hybridized carbons (Fsp3) is 0.750. The first-order chi connectivity index (χ1) is 10.2. The summed E-state index contributed by atoms with van der Waals surface area (Å²) in [5.74, 6) is 1.67. The summed E-state index contributed by atoms with van der Waals surface area (Å²) in [7, 11) is 0. The van der Waals surface area contributed by atoms with E-state index in [0.717, 1.165) is 18.3 Å². The lowest BCUT2D eigenvalue weighted by Crippen LogP contribution is -2.43. The number of aldehydes is 1. The lowest BCUT2D eigenvalue weighted by molar-refractivity contribution is -0.109. The molecule has 4 aliphatic rings. The number of carbonyl (C=O) groups is 1. The van der Waals surface area contributed by atoms with E-state index in [0.29, 0.717) is 5.41 Å². The van der Waals surface area contributed by atoms with Crippen LogP contribution in [0.25, 0.3) is 0 Å². The molecule has 0 heterocycles. The molecule has 0 aromatic rings. The van der Waals surface area contributed by atoms with Gasteiger partial charge in [-0.15, -0.1) is 0 Å². The minimum absolute atomic E-state index is 0.146. The van der Waals surface area contributed by atoms with Gasteiger partial charge in [0.05, 0.1) is 0 Å². The molecule has 0 saturated heterocycles. The molecule has 0 radical (unpaired) electrons. The van der Waals surface area contributed by atoms with Crippen molar-refractivity contribution in [2.45, 2.75) is 71.1 Å². The van der Waals surface area contributed by atoms with Gasteiger partial charge in [0.15, 0.2) is 0 Å². The van der Waals surface area contributed by atoms with Gasteiger partial charge in [-0.25, -0.2) is 0 Å². The van der Waals surface area contributed by atoms with Gasteiger partial charge >= 0.3 is 0 Å². The average Bonchev–Trinajstić information content (AvgIpc) is 2.89. The van der Waals surface area contributed by atoms with E-state index in [-0.39, 0.29) is 5.41 Å². The molecule has 0 bridgehead atoms. The maximum absolute atomic E-state index is 11.4. The standard InChI is InChI=1S/C20H28O/c1-19-10-4-6-17(19)16-8-7-15-5-2-3-11-20(15,13-14-21)18(16)9-12-19/h5,9,14,16-17H,2-4,6-8,10-13H2,1H3/t16-,17-,19-,20+/m0/s1. The lowest BCUT2D eigenvalue weighted by atomic mass is 9.51. The number of hydrogen-bond donors (Lipinski definition) is 0. The zero-order valence-corrected chi connectivity index (χ0v) is 13.4. The van der Waals surface area contributed by atoms with Crippen LogP contribution in [0, 0.1) is 22.7 Å². The van der Waals surface area contributed by atoms with Gasteiger partial charge in [0.2, 0.25) is 0 Å². The van der Waals surface area contributed by atoms with Gasteiger partial charge in [0.1, 0.15) is 6.29 Å². The molecule has 2 saturated carbocycles. The lowest BCUT2D eigenvalue weighted by Gasteiger charge is -2.53. The van der Waals surface area contributed by atoms with Gasteiger partial charge in [-0.2, -0.15) is 0 Å². The van der Waals surface area contributed by atoms with Crippen LogP contribution in [0.5, 0.6) is 0 Å². The first-order valence-corrected chi connectivity index (χ1v) is 9.03. The largest absolute Gasteiger partial charge is 0.303 e. The predicted molar refractivity (Wildman–Crippen MR) is 85.9 cm³/mol. The van der Waals surface area contributed by atoms with Crippen LogP contribution in [-0.2, 0) is 4.79 Å². The molecule has 0 aliphatic heterocycles. The molecule has 4 atom stereocenters. The van der Waals surface area contributed by atoms with E-state index in [9.17, 15) is 4.79 Å². The van der Waals surface area contributed by atoms with Crippen molar-refractivity contribution >= 4 is 6.29 Å².